The Morgan fingerprint density at radius 1 is 1.40 bits per heavy atom. The molecule has 5 heteroatoms. The molecular formula is C15H28ClN3O. The predicted octanol–water partition coefficient (Wildman–Crippen LogP) is 2.60. The number of rotatable bonds is 5. The zero-order chi connectivity index (χ0) is 14.8. The molecule has 0 aliphatic heterocycles. The number of hydrogen-bond donors (Lipinski definition) is 1. The fraction of sp³-hybridized carbons (Fsp3) is 0.667. The van der Waals surface area contributed by atoms with Crippen LogP contribution in [-0.2, 0) is 6.54 Å². The maximum Gasteiger partial charge on any atom is 0.255 e. The monoisotopic (exact) mass is 301 g/mol. The first-order chi connectivity index (χ1) is 8.73. The lowest BCUT2D eigenvalue weighted by Crippen LogP contribution is -2.39. The highest BCUT2D eigenvalue weighted by Crippen LogP contribution is 2.19. The SMILES string of the molecule is CCn1c(C)cc(C(=O)N(C)CC(C)(C)CN)c1C.Cl. The van der Waals surface area contributed by atoms with E-state index in [1.807, 2.05) is 27.0 Å². The number of nitrogens with zero attached hydrogens (tertiary/aromatic N) is 2. The van der Waals surface area contributed by atoms with Gasteiger partial charge in [-0.25, -0.2) is 0 Å². The molecule has 0 spiro atoms. The van der Waals surface area contributed by atoms with Gasteiger partial charge in [0.15, 0.2) is 0 Å². The first-order valence-corrected chi connectivity index (χ1v) is 6.85. The van der Waals surface area contributed by atoms with Crippen molar-refractivity contribution in [3.63, 3.8) is 0 Å². The number of aromatic nitrogens is 1. The maximum absolute atomic E-state index is 12.5. The summed E-state index contributed by atoms with van der Waals surface area (Å²) in [5, 5.41) is 0. The summed E-state index contributed by atoms with van der Waals surface area (Å²) in [7, 11) is 1.85. The number of carbonyl (C=O) groups is 1. The summed E-state index contributed by atoms with van der Waals surface area (Å²) in [6.45, 7) is 12.4. The van der Waals surface area contributed by atoms with E-state index in [-0.39, 0.29) is 23.7 Å². The van der Waals surface area contributed by atoms with Crippen LogP contribution in [0.4, 0.5) is 0 Å². The van der Waals surface area contributed by atoms with Gasteiger partial charge in [0, 0.05) is 31.5 Å². The smallest absolute Gasteiger partial charge is 0.255 e. The number of halogens is 1. The van der Waals surface area contributed by atoms with Crippen LogP contribution < -0.4 is 5.73 Å². The van der Waals surface area contributed by atoms with Crippen molar-refractivity contribution in [2.75, 3.05) is 20.1 Å². The van der Waals surface area contributed by atoms with Crippen LogP contribution in [0.3, 0.4) is 0 Å². The second kappa shape index (κ2) is 7.14. The summed E-state index contributed by atoms with van der Waals surface area (Å²) in [6.07, 6.45) is 0. The zero-order valence-electron chi connectivity index (χ0n) is 13.5. The molecule has 1 rings (SSSR count). The van der Waals surface area contributed by atoms with Gasteiger partial charge in [-0.1, -0.05) is 13.8 Å². The lowest BCUT2D eigenvalue weighted by atomic mass is 9.93. The molecule has 2 N–H and O–H groups in total. The van der Waals surface area contributed by atoms with E-state index in [2.05, 4.69) is 25.3 Å². The van der Waals surface area contributed by atoms with Gasteiger partial charge >= 0.3 is 0 Å². The third-order valence-electron chi connectivity index (χ3n) is 3.68. The molecule has 0 saturated carbocycles. The third-order valence-corrected chi connectivity index (χ3v) is 3.68. The largest absolute Gasteiger partial charge is 0.349 e. The molecule has 0 fully saturated rings. The van der Waals surface area contributed by atoms with Crippen molar-refractivity contribution < 1.29 is 4.79 Å². The van der Waals surface area contributed by atoms with E-state index in [0.717, 1.165) is 23.5 Å². The van der Waals surface area contributed by atoms with Crippen LogP contribution >= 0.6 is 12.4 Å². The Hall–Kier alpha value is -1.00. The van der Waals surface area contributed by atoms with Gasteiger partial charge in [-0.2, -0.15) is 0 Å². The van der Waals surface area contributed by atoms with Gasteiger partial charge in [0.25, 0.3) is 5.91 Å². The Kier molecular flexibility index (Phi) is 6.78. The minimum Gasteiger partial charge on any atom is -0.349 e. The molecule has 0 unspecified atom stereocenters. The van der Waals surface area contributed by atoms with E-state index < -0.39 is 0 Å². The topological polar surface area (TPSA) is 51.3 Å². The van der Waals surface area contributed by atoms with E-state index in [1.54, 1.807) is 4.90 Å². The van der Waals surface area contributed by atoms with Crippen LogP contribution in [0.15, 0.2) is 6.07 Å². The second-order valence-electron chi connectivity index (χ2n) is 6.06. The molecule has 1 aromatic rings. The third kappa shape index (κ3) is 4.00. The number of nitrogens with two attached hydrogens (primary N) is 1. The Labute approximate surface area is 128 Å². The standard InChI is InChI=1S/C15H27N3O.ClH/c1-7-18-11(2)8-13(12(18)3)14(19)17(6)10-15(4,5)9-16;/h8H,7,9-10,16H2,1-6H3;1H. The van der Waals surface area contributed by atoms with Crippen molar-refractivity contribution in [3.05, 3.63) is 23.0 Å². The second-order valence-corrected chi connectivity index (χ2v) is 6.06. The first kappa shape index (κ1) is 19.0. The van der Waals surface area contributed by atoms with E-state index >= 15 is 0 Å². The number of hydrogen-bond acceptors (Lipinski definition) is 2. The quantitative estimate of drug-likeness (QED) is 0.909. The molecule has 1 heterocycles. The Balaban J connectivity index is 0.00000361. The van der Waals surface area contributed by atoms with Crippen molar-refractivity contribution in [1.29, 1.82) is 0 Å². The number of amides is 1. The molecule has 0 saturated heterocycles. The number of aryl methyl sites for hydroxylation is 1. The van der Waals surface area contributed by atoms with Crippen molar-refractivity contribution in [3.8, 4) is 0 Å². The minimum absolute atomic E-state index is 0. The van der Waals surface area contributed by atoms with Crippen molar-refractivity contribution in [2.24, 2.45) is 11.1 Å². The molecule has 0 bridgehead atoms. The molecule has 20 heavy (non-hydrogen) atoms. The number of carbonyl (C=O) groups excluding carboxylic acids is 1. The van der Waals surface area contributed by atoms with E-state index in [4.69, 9.17) is 5.73 Å². The van der Waals surface area contributed by atoms with Gasteiger partial charge in [0.05, 0.1) is 5.56 Å². The summed E-state index contributed by atoms with van der Waals surface area (Å²) < 4.78 is 2.16. The summed E-state index contributed by atoms with van der Waals surface area (Å²) in [4.78, 5) is 14.3. The van der Waals surface area contributed by atoms with Gasteiger partial charge in [0.2, 0.25) is 0 Å². The molecule has 4 nitrogen and oxygen atoms in total. The molecule has 0 atom stereocenters. The van der Waals surface area contributed by atoms with Gasteiger partial charge in [0.1, 0.15) is 0 Å². The molecule has 1 amide bonds. The van der Waals surface area contributed by atoms with E-state index in [9.17, 15) is 4.79 Å². The molecule has 0 radical (unpaired) electrons. The summed E-state index contributed by atoms with van der Waals surface area (Å²) in [6, 6.07) is 1.98. The molecule has 116 valence electrons. The van der Waals surface area contributed by atoms with E-state index in [1.165, 1.54) is 0 Å². The van der Waals surface area contributed by atoms with E-state index in [0.29, 0.717) is 13.1 Å². The van der Waals surface area contributed by atoms with Crippen molar-refractivity contribution >= 4 is 18.3 Å². The normalized spacial score (nSPS) is 11.2. The van der Waals surface area contributed by atoms with Gasteiger partial charge < -0.3 is 15.2 Å². The van der Waals surface area contributed by atoms with Crippen LogP contribution in [-0.4, -0.2) is 35.5 Å². The maximum atomic E-state index is 12.5. The fourth-order valence-corrected chi connectivity index (χ4v) is 2.49. The molecule has 0 aliphatic carbocycles. The van der Waals surface area contributed by atoms with Crippen LogP contribution in [0, 0.1) is 19.3 Å². The van der Waals surface area contributed by atoms with Crippen LogP contribution in [0.1, 0.15) is 42.5 Å². The van der Waals surface area contributed by atoms with Gasteiger partial charge in [-0.05, 0) is 38.8 Å². The molecular weight excluding hydrogens is 274 g/mol. The lowest BCUT2D eigenvalue weighted by Gasteiger charge is -2.29. The highest BCUT2D eigenvalue weighted by atomic mass is 35.5. The Morgan fingerprint density at radius 2 is 1.95 bits per heavy atom. The lowest BCUT2D eigenvalue weighted by molar-refractivity contribution is 0.0739. The Bertz CT molecular complexity index is 466. The highest BCUT2D eigenvalue weighted by Gasteiger charge is 2.24. The van der Waals surface area contributed by atoms with Gasteiger partial charge in [-0.3, -0.25) is 4.79 Å². The predicted molar refractivity (Wildman–Crippen MR) is 86.6 cm³/mol. The van der Waals surface area contributed by atoms with Gasteiger partial charge in [-0.15, -0.1) is 12.4 Å². The van der Waals surface area contributed by atoms with Crippen molar-refractivity contribution in [1.82, 2.24) is 9.47 Å². The zero-order valence-corrected chi connectivity index (χ0v) is 14.3. The minimum atomic E-state index is -0.0549. The van der Waals surface area contributed by atoms with Crippen molar-refractivity contribution in [2.45, 2.75) is 41.2 Å². The first-order valence-electron chi connectivity index (χ1n) is 6.85. The summed E-state index contributed by atoms with van der Waals surface area (Å²) in [5.41, 5.74) is 8.65. The summed E-state index contributed by atoms with van der Waals surface area (Å²) >= 11 is 0. The molecule has 1 aromatic heterocycles. The van der Waals surface area contributed by atoms with Crippen LogP contribution in [0.2, 0.25) is 0 Å². The molecule has 0 aliphatic rings. The fourth-order valence-electron chi connectivity index (χ4n) is 2.49. The average Bonchev–Trinajstić information content (AvgIpc) is 2.62. The average molecular weight is 302 g/mol. The summed E-state index contributed by atoms with van der Waals surface area (Å²) in [5.74, 6) is 0.0781. The van der Waals surface area contributed by atoms with Crippen LogP contribution in [0.5, 0.6) is 0 Å². The molecule has 0 aromatic carbocycles. The van der Waals surface area contributed by atoms with Crippen LogP contribution in [0.25, 0.3) is 0 Å². The highest BCUT2D eigenvalue weighted by molar-refractivity contribution is 5.95. The Morgan fingerprint density at radius 3 is 2.35 bits per heavy atom.